The van der Waals surface area contributed by atoms with Crippen LogP contribution < -0.4 is 0 Å². The van der Waals surface area contributed by atoms with Crippen LogP contribution in [0, 0.1) is 0 Å². The van der Waals surface area contributed by atoms with E-state index in [-0.39, 0.29) is 5.97 Å². The summed E-state index contributed by atoms with van der Waals surface area (Å²) in [6.07, 6.45) is 3.80. The molecule has 1 aliphatic heterocycles. The first-order valence-electron chi connectivity index (χ1n) is 7.47. The molecule has 0 saturated heterocycles. The van der Waals surface area contributed by atoms with Crippen LogP contribution in [0.15, 0.2) is 6.33 Å². The minimum atomic E-state index is -0.107. The van der Waals surface area contributed by atoms with Gasteiger partial charge in [-0.3, -0.25) is 9.69 Å². The Bertz CT molecular complexity index is 689. The van der Waals surface area contributed by atoms with Gasteiger partial charge in [0.15, 0.2) is 0 Å². The Morgan fingerprint density at radius 3 is 3.18 bits per heavy atom. The Kier molecular flexibility index (Phi) is 4.90. The Morgan fingerprint density at radius 1 is 1.50 bits per heavy atom. The van der Waals surface area contributed by atoms with Gasteiger partial charge in [0.05, 0.1) is 12.0 Å². The molecule has 0 unspecified atom stereocenters. The molecule has 0 spiro atoms. The average Bonchev–Trinajstić information content (AvgIpc) is 2.86. The summed E-state index contributed by atoms with van der Waals surface area (Å²) in [6, 6.07) is 0. The SMILES string of the molecule is CCOC(=O)CCCN1CCc2c(sc3ncnc(Cl)c23)C1. The van der Waals surface area contributed by atoms with Crippen molar-refractivity contribution in [1.29, 1.82) is 0 Å². The molecule has 0 fully saturated rings. The van der Waals surface area contributed by atoms with E-state index in [2.05, 4.69) is 14.9 Å². The molecule has 1 aliphatic rings. The van der Waals surface area contributed by atoms with Crippen molar-refractivity contribution >= 4 is 39.1 Å². The van der Waals surface area contributed by atoms with Gasteiger partial charge in [0, 0.05) is 24.4 Å². The van der Waals surface area contributed by atoms with E-state index in [0.717, 1.165) is 42.7 Å². The lowest BCUT2D eigenvalue weighted by Crippen LogP contribution is -2.30. The van der Waals surface area contributed by atoms with Crippen molar-refractivity contribution in [2.45, 2.75) is 32.7 Å². The molecule has 0 aliphatic carbocycles. The number of ether oxygens (including phenoxy) is 1. The molecule has 5 nitrogen and oxygen atoms in total. The Labute approximate surface area is 138 Å². The number of hydrogen-bond donors (Lipinski definition) is 0. The summed E-state index contributed by atoms with van der Waals surface area (Å²) in [6.45, 7) is 5.07. The average molecular weight is 340 g/mol. The van der Waals surface area contributed by atoms with E-state index < -0.39 is 0 Å². The number of carbonyl (C=O) groups is 1. The number of rotatable bonds is 5. The van der Waals surface area contributed by atoms with Crippen molar-refractivity contribution < 1.29 is 9.53 Å². The highest BCUT2D eigenvalue weighted by atomic mass is 35.5. The van der Waals surface area contributed by atoms with Crippen molar-refractivity contribution in [2.24, 2.45) is 0 Å². The van der Waals surface area contributed by atoms with E-state index in [0.29, 0.717) is 18.2 Å². The molecule has 3 heterocycles. The molecular weight excluding hydrogens is 322 g/mol. The van der Waals surface area contributed by atoms with Crippen LogP contribution in [0.3, 0.4) is 0 Å². The maximum Gasteiger partial charge on any atom is 0.305 e. The normalized spacial score (nSPS) is 15.0. The van der Waals surface area contributed by atoms with E-state index >= 15 is 0 Å². The van der Waals surface area contributed by atoms with Crippen molar-refractivity contribution in [1.82, 2.24) is 14.9 Å². The smallest absolute Gasteiger partial charge is 0.305 e. The summed E-state index contributed by atoms with van der Waals surface area (Å²) in [5.74, 6) is -0.107. The van der Waals surface area contributed by atoms with Gasteiger partial charge in [0.2, 0.25) is 0 Å². The minimum Gasteiger partial charge on any atom is -0.466 e. The molecule has 0 bridgehead atoms. The molecule has 2 aromatic rings. The summed E-state index contributed by atoms with van der Waals surface area (Å²) < 4.78 is 4.96. The Balaban J connectivity index is 1.63. The third-order valence-corrected chi connectivity index (χ3v) is 5.24. The van der Waals surface area contributed by atoms with Crippen LogP contribution in [-0.4, -0.2) is 40.5 Å². The van der Waals surface area contributed by atoms with Gasteiger partial charge in [-0.15, -0.1) is 11.3 Å². The monoisotopic (exact) mass is 339 g/mol. The first kappa shape index (κ1) is 15.6. The first-order chi connectivity index (χ1) is 10.7. The topological polar surface area (TPSA) is 55.3 Å². The van der Waals surface area contributed by atoms with Gasteiger partial charge >= 0.3 is 5.97 Å². The maximum atomic E-state index is 11.4. The molecule has 22 heavy (non-hydrogen) atoms. The van der Waals surface area contributed by atoms with E-state index in [9.17, 15) is 4.79 Å². The zero-order chi connectivity index (χ0) is 15.5. The molecule has 0 radical (unpaired) electrons. The van der Waals surface area contributed by atoms with Gasteiger partial charge < -0.3 is 4.74 Å². The van der Waals surface area contributed by atoms with Crippen molar-refractivity contribution in [3.05, 3.63) is 21.9 Å². The summed E-state index contributed by atoms with van der Waals surface area (Å²) in [4.78, 5) is 24.4. The highest BCUT2D eigenvalue weighted by molar-refractivity contribution is 7.19. The van der Waals surface area contributed by atoms with Crippen molar-refractivity contribution in [2.75, 3.05) is 19.7 Å². The zero-order valence-corrected chi connectivity index (χ0v) is 14.0. The minimum absolute atomic E-state index is 0.107. The second kappa shape index (κ2) is 6.89. The highest BCUT2D eigenvalue weighted by Gasteiger charge is 2.23. The van der Waals surface area contributed by atoms with Crippen LogP contribution in [0.4, 0.5) is 0 Å². The van der Waals surface area contributed by atoms with E-state index in [1.807, 2.05) is 6.92 Å². The number of nitrogens with zero attached hydrogens (tertiary/aromatic N) is 3. The van der Waals surface area contributed by atoms with E-state index in [1.54, 1.807) is 11.3 Å². The van der Waals surface area contributed by atoms with Crippen molar-refractivity contribution in [3.63, 3.8) is 0 Å². The summed E-state index contributed by atoms with van der Waals surface area (Å²) in [5.41, 5.74) is 1.30. The van der Waals surface area contributed by atoms with Gasteiger partial charge in [0.1, 0.15) is 16.3 Å². The van der Waals surface area contributed by atoms with Crippen LogP contribution in [0.25, 0.3) is 10.2 Å². The third kappa shape index (κ3) is 3.24. The van der Waals surface area contributed by atoms with Crippen molar-refractivity contribution in [3.8, 4) is 0 Å². The molecule has 0 atom stereocenters. The quantitative estimate of drug-likeness (QED) is 0.619. The number of thiophene rings is 1. The molecule has 0 aromatic carbocycles. The van der Waals surface area contributed by atoms with Gasteiger partial charge in [-0.25, -0.2) is 9.97 Å². The number of carbonyl (C=O) groups excluding carboxylic acids is 1. The third-order valence-electron chi connectivity index (χ3n) is 3.83. The maximum absolute atomic E-state index is 11.4. The van der Waals surface area contributed by atoms with E-state index in [1.165, 1.54) is 16.8 Å². The predicted molar refractivity (Wildman–Crippen MR) is 87.3 cm³/mol. The fourth-order valence-corrected chi connectivity index (χ4v) is 4.35. The Hall–Kier alpha value is -1.24. The molecule has 118 valence electrons. The molecule has 0 amide bonds. The second-order valence-electron chi connectivity index (χ2n) is 5.28. The second-order valence-corrected chi connectivity index (χ2v) is 6.72. The summed E-state index contributed by atoms with van der Waals surface area (Å²) in [5, 5.41) is 1.58. The highest BCUT2D eigenvalue weighted by Crippen LogP contribution is 2.36. The van der Waals surface area contributed by atoms with Gasteiger partial charge in [-0.1, -0.05) is 11.6 Å². The van der Waals surface area contributed by atoms with Crippen LogP contribution >= 0.6 is 22.9 Å². The lowest BCUT2D eigenvalue weighted by molar-refractivity contribution is -0.143. The van der Waals surface area contributed by atoms with Gasteiger partial charge in [-0.05, 0) is 31.9 Å². The number of aromatic nitrogens is 2. The molecular formula is C15H18ClN3O2S. The zero-order valence-electron chi connectivity index (χ0n) is 12.5. The molecule has 7 heteroatoms. The predicted octanol–water partition coefficient (Wildman–Crippen LogP) is 3.05. The summed E-state index contributed by atoms with van der Waals surface area (Å²) >= 11 is 7.91. The molecule has 0 N–H and O–H groups in total. The number of hydrogen-bond acceptors (Lipinski definition) is 6. The first-order valence-corrected chi connectivity index (χ1v) is 8.67. The molecule has 2 aromatic heterocycles. The number of fused-ring (bicyclic) bond motifs is 3. The van der Waals surface area contributed by atoms with Crippen LogP contribution in [0.5, 0.6) is 0 Å². The van der Waals surface area contributed by atoms with Crippen LogP contribution in [0.1, 0.15) is 30.2 Å². The number of esters is 1. The molecule has 0 saturated carbocycles. The lowest BCUT2D eigenvalue weighted by Gasteiger charge is -2.26. The van der Waals surface area contributed by atoms with Crippen LogP contribution in [0.2, 0.25) is 5.15 Å². The number of halogens is 1. The Morgan fingerprint density at radius 2 is 2.36 bits per heavy atom. The lowest BCUT2D eigenvalue weighted by atomic mass is 10.1. The largest absolute Gasteiger partial charge is 0.466 e. The van der Waals surface area contributed by atoms with Gasteiger partial charge in [-0.2, -0.15) is 0 Å². The van der Waals surface area contributed by atoms with E-state index in [4.69, 9.17) is 16.3 Å². The van der Waals surface area contributed by atoms with Crippen LogP contribution in [-0.2, 0) is 22.5 Å². The summed E-state index contributed by atoms with van der Waals surface area (Å²) in [7, 11) is 0. The van der Waals surface area contributed by atoms with Gasteiger partial charge in [0.25, 0.3) is 0 Å². The fourth-order valence-electron chi connectivity index (χ4n) is 2.81. The molecule has 3 rings (SSSR count). The fraction of sp³-hybridized carbons (Fsp3) is 0.533. The standard InChI is InChI=1S/C15H18ClN3O2S/c1-2-21-12(20)4-3-6-19-7-5-10-11(8-19)22-15-13(10)14(16)17-9-18-15/h9H,2-8H2,1H3.